The van der Waals surface area contributed by atoms with E-state index in [-0.39, 0.29) is 39.1 Å². The first kappa shape index (κ1) is 36.7. The third-order valence-electron chi connectivity index (χ3n) is 8.85. The molecule has 6 aromatic carbocycles. The summed E-state index contributed by atoms with van der Waals surface area (Å²) < 4.78 is 11.5. The Morgan fingerprint density at radius 1 is 0.455 bits per heavy atom. The first-order chi connectivity index (χ1) is 26.6. The number of carbonyl (C=O) groups excluding carboxylic acids is 6. The van der Waals surface area contributed by atoms with Crippen molar-refractivity contribution >= 4 is 64.2 Å². The number of ketones is 2. The molecule has 0 unspecified atom stereocenters. The molecular weight excluding hydrogens is 741 g/mol. The Morgan fingerprint density at radius 3 is 1.38 bits per heavy atom. The fourth-order valence-corrected chi connectivity index (χ4v) is 6.31. The fourth-order valence-electron chi connectivity index (χ4n) is 6.06. The highest BCUT2D eigenvalue weighted by Gasteiger charge is 2.38. The highest BCUT2D eigenvalue weighted by Crippen LogP contribution is 2.32. The van der Waals surface area contributed by atoms with E-state index in [2.05, 4.69) is 0 Å². The number of hydrogen-bond donors (Lipinski definition) is 0. The molecule has 55 heavy (non-hydrogen) atoms. The number of amides is 2. The number of anilines is 1. The maximum atomic E-state index is 13.8. The molecule has 2 atom stereocenters. The van der Waals surface area contributed by atoms with Gasteiger partial charge in [0.25, 0.3) is 11.8 Å². The van der Waals surface area contributed by atoms with E-state index in [0.29, 0.717) is 21.2 Å². The minimum atomic E-state index is -1.32. The summed E-state index contributed by atoms with van der Waals surface area (Å²) in [5.41, 5.74) is 1.31. The zero-order chi connectivity index (χ0) is 38.6. The van der Waals surface area contributed by atoms with Crippen LogP contribution in [0.1, 0.15) is 85.5 Å². The molecule has 0 radical (unpaired) electrons. The van der Waals surface area contributed by atoms with Gasteiger partial charge in [-0.1, -0.05) is 89.9 Å². The average Bonchev–Trinajstić information content (AvgIpc) is 3.47. The Labute approximate surface area is 324 Å². The minimum Gasteiger partial charge on any atom is -0.445 e. The van der Waals surface area contributed by atoms with Gasteiger partial charge in [-0.25, -0.2) is 14.5 Å². The first-order valence-electron chi connectivity index (χ1n) is 16.8. The fraction of sp³-hybridized carbons (Fsp3) is 0.0455. The predicted octanol–water partition coefficient (Wildman–Crippen LogP) is 9.36. The first-order valence-corrected chi connectivity index (χ1v) is 17.6. The van der Waals surface area contributed by atoms with Crippen LogP contribution in [0.3, 0.4) is 0 Å². The van der Waals surface area contributed by atoms with Crippen molar-refractivity contribution in [2.24, 2.45) is 0 Å². The highest BCUT2D eigenvalue weighted by molar-refractivity contribution is 6.35. The molecule has 1 heterocycles. The summed E-state index contributed by atoms with van der Waals surface area (Å²) in [4.78, 5) is 82.5. The summed E-state index contributed by atoms with van der Waals surface area (Å²) in [6, 6.07) is 38.9. The summed E-state index contributed by atoms with van der Waals surface area (Å²) in [5, 5.41) is 0.866. The van der Waals surface area contributed by atoms with E-state index in [9.17, 15) is 28.8 Å². The third-order valence-corrected chi connectivity index (χ3v) is 9.35. The van der Waals surface area contributed by atoms with Crippen molar-refractivity contribution in [2.45, 2.75) is 12.2 Å². The summed E-state index contributed by atoms with van der Waals surface area (Å²) in [6.45, 7) is 0. The highest BCUT2D eigenvalue weighted by atomic mass is 35.5. The van der Waals surface area contributed by atoms with Crippen LogP contribution in [0.5, 0.6) is 0 Å². The number of rotatable bonds is 11. The summed E-state index contributed by atoms with van der Waals surface area (Å²) in [6.07, 6.45) is -2.62. The number of ether oxygens (including phenoxy) is 2. The normalized spacial score (nSPS) is 13.1. The molecule has 1 aliphatic heterocycles. The smallest absolute Gasteiger partial charge is 0.339 e. The Balaban J connectivity index is 1.12. The van der Waals surface area contributed by atoms with Crippen LogP contribution in [-0.4, -0.2) is 35.3 Å². The number of carbonyl (C=O) groups is 6. The van der Waals surface area contributed by atoms with Gasteiger partial charge in [-0.15, -0.1) is 0 Å². The number of esters is 2. The molecule has 7 rings (SSSR count). The van der Waals surface area contributed by atoms with E-state index in [1.807, 2.05) is 0 Å². The molecule has 0 N–H and O–H groups in total. The van der Waals surface area contributed by atoms with Crippen molar-refractivity contribution in [3.05, 3.63) is 206 Å². The van der Waals surface area contributed by atoms with Gasteiger partial charge in [-0.2, -0.15) is 0 Å². The second-order valence-electron chi connectivity index (χ2n) is 12.4. The zero-order valence-electron chi connectivity index (χ0n) is 28.6. The molecule has 0 fully saturated rings. The minimum absolute atomic E-state index is 0.0177. The Kier molecular flexibility index (Phi) is 10.5. The lowest BCUT2D eigenvalue weighted by molar-refractivity contribution is 0.0278. The van der Waals surface area contributed by atoms with Gasteiger partial charge in [0, 0.05) is 32.3 Å². The second-order valence-corrected chi connectivity index (χ2v) is 13.3. The molecule has 270 valence electrons. The molecule has 1 aliphatic rings. The van der Waals surface area contributed by atoms with Gasteiger partial charge in [-0.05, 0) is 84.9 Å². The van der Waals surface area contributed by atoms with E-state index in [4.69, 9.17) is 32.7 Å². The van der Waals surface area contributed by atoms with Crippen LogP contribution >= 0.6 is 23.2 Å². The Morgan fingerprint density at radius 2 is 0.891 bits per heavy atom. The topological polar surface area (TPSA) is 124 Å². The number of imide groups is 1. The molecule has 0 saturated heterocycles. The van der Waals surface area contributed by atoms with Crippen molar-refractivity contribution < 1.29 is 38.2 Å². The zero-order valence-corrected chi connectivity index (χ0v) is 30.1. The lowest BCUT2D eigenvalue weighted by Gasteiger charge is -2.19. The number of nitrogens with zero attached hydrogens (tertiary/aromatic N) is 1. The van der Waals surface area contributed by atoms with Crippen molar-refractivity contribution in [2.75, 3.05) is 4.90 Å². The van der Waals surface area contributed by atoms with Crippen LogP contribution in [0.15, 0.2) is 152 Å². The van der Waals surface area contributed by atoms with Gasteiger partial charge in [0.1, 0.15) is 0 Å². The van der Waals surface area contributed by atoms with E-state index in [0.717, 1.165) is 4.90 Å². The summed E-state index contributed by atoms with van der Waals surface area (Å²) in [7, 11) is 0. The van der Waals surface area contributed by atoms with Crippen LogP contribution in [-0.2, 0) is 9.47 Å². The predicted molar refractivity (Wildman–Crippen MR) is 205 cm³/mol. The van der Waals surface area contributed by atoms with Gasteiger partial charge >= 0.3 is 11.9 Å². The van der Waals surface area contributed by atoms with Crippen LogP contribution in [0.4, 0.5) is 5.69 Å². The number of halogens is 2. The van der Waals surface area contributed by atoms with Gasteiger partial charge in [0.2, 0.25) is 11.6 Å². The molecule has 0 aliphatic carbocycles. The maximum Gasteiger partial charge on any atom is 0.339 e. The third kappa shape index (κ3) is 7.70. The average molecular weight is 769 g/mol. The maximum absolute atomic E-state index is 13.8. The van der Waals surface area contributed by atoms with E-state index in [1.165, 1.54) is 66.7 Å². The lowest BCUT2D eigenvalue weighted by atomic mass is 9.99. The van der Waals surface area contributed by atoms with E-state index in [1.54, 1.807) is 84.9 Å². The van der Waals surface area contributed by atoms with Gasteiger partial charge < -0.3 is 9.47 Å². The van der Waals surface area contributed by atoms with Crippen molar-refractivity contribution in [1.29, 1.82) is 0 Å². The molecule has 6 aromatic rings. The SMILES string of the molecule is O=C(O[C@H](C(=O)c1ccc(Cl)cc1)c1ccccc1)c1cccc(N2C(=O)c3ccc(C(=O)O[C@@H](C(=O)c4ccc(Cl)cc4)c4ccccc4)cc3C2=O)c1. The van der Waals surface area contributed by atoms with Crippen molar-refractivity contribution in [3.63, 3.8) is 0 Å². The van der Waals surface area contributed by atoms with E-state index < -0.39 is 47.5 Å². The number of fused-ring (bicyclic) bond motifs is 1. The van der Waals surface area contributed by atoms with Crippen LogP contribution < -0.4 is 4.90 Å². The number of Topliss-reactive ketones (excluding diaryl/α,β-unsaturated/α-hetero) is 2. The standard InChI is InChI=1S/C44H27Cl2NO8/c45-32-19-14-26(15-20-32)37(48)39(28-8-3-1-4-9-28)54-43(52)30-12-7-13-34(24-30)47-41(50)35-23-18-31(25-36(35)42(47)51)44(53)55-40(29-10-5-2-6-11-29)38(49)27-16-21-33(46)22-17-27/h1-25,39-40H/t39-,40+/m0/s1. The lowest BCUT2D eigenvalue weighted by Crippen LogP contribution is -2.29. The second kappa shape index (κ2) is 15.7. The van der Waals surface area contributed by atoms with Gasteiger partial charge in [-0.3, -0.25) is 19.2 Å². The van der Waals surface area contributed by atoms with E-state index >= 15 is 0 Å². The Hall–Kier alpha value is -6.68. The van der Waals surface area contributed by atoms with Crippen LogP contribution in [0, 0.1) is 0 Å². The molecule has 9 nitrogen and oxygen atoms in total. The monoisotopic (exact) mass is 767 g/mol. The molecule has 11 heteroatoms. The summed E-state index contributed by atoms with van der Waals surface area (Å²) in [5.74, 6) is -4.18. The molecule has 0 bridgehead atoms. The van der Waals surface area contributed by atoms with Crippen molar-refractivity contribution in [3.8, 4) is 0 Å². The van der Waals surface area contributed by atoms with Crippen LogP contribution in [0.25, 0.3) is 0 Å². The number of benzene rings is 6. The molecule has 0 saturated carbocycles. The quantitative estimate of drug-likeness (QED) is 0.0726. The van der Waals surface area contributed by atoms with Crippen molar-refractivity contribution in [1.82, 2.24) is 0 Å². The summed E-state index contributed by atoms with van der Waals surface area (Å²) >= 11 is 12.0. The van der Waals surface area contributed by atoms with Gasteiger partial charge in [0.05, 0.1) is 27.9 Å². The molecular formula is C44H27Cl2NO8. The Bertz CT molecular complexity index is 2470. The van der Waals surface area contributed by atoms with Crippen LogP contribution in [0.2, 0.25) is 10.0 Å². The van der Waals surface area contributed by atoms with Gasteiger partial charge in [0.15, 0.2) is 12.2 Å². The molecule has 0 spiro atoms. The number of hydrogen-bond acceptors (Lipinski definition) is 8. The molecule has 0 aromatic heterocycles. The molecule has 2 amide bonds. The largest absolute Gasteiger partial charge is 0.445 e.